The zero-order valence-corrected chi connectivity index (χ0v) is 9.84. The van der Waals surface area contributed by atoms with E-state index in [1.165, 1.54) is 4.90 Å². The average molecular weight is 258 g/mol. The van der Waals surface area contributed by atoms with Gasteiger partial charge in [0.1, 0.15) is 23.0 Å². The van der Waals surface area contributed by atoms with Crippen molar-refractivity contribution < 1.29 is 18.0 Å². The molecule has 0 radical (unpaired) electrons. The second-order valence-corrected chi connectivity index (χ2v) is 4.35. The van der Waals surface area contributed by atoms with Crippen molar-refractivity contribution in [2.75, 3.05) is 19.6 Å². The lowest BCUT2D eigenvalue weighted by Crippen LogP contribution is -2.51. The number of amides is 1. The maximum absolute atomic E-state index is 13.5. The average Bonchev–Trinajstić information content (AvgIpc) is 2.27. The molecule has 0 bridgehead atoms. The summed E-state index contributed by atoms with van der Waals surface area (Å²) >= 11 is 0. The molecule has 1 fully saturated rings. The lowest BCUT2D eigenvalue weighted by Gasteiger charge is -2.32. The molecule has 1 atom stereocenters. The zero-order valence-electron chi connectivity index (χ0n) is 9.84. The summed E-state index contributed by atoms with van der Waals surface area (Å²) in [7, 11) is 0. The van der Waals surface area contributed by atoms with Crippen molar-refractivity contribution in [2.24, 2.45) is 0 Å². The molecule has 1 aromatic rings. The zero-order chi connectivity index (χ0) is 13.3. The Hall–Kier alpha value is -1.56. The number of nitrogens with zero attached hydrogens (tertiary/aromatic N) is 1. The van der Waals surface area contributed by atoms with E-state index in [1.807, 2.05) is 6.92 Å². The molecule has 1 aromatic carbocycles. The number of hydrogen-bond donors (Lipinski definition) is 1. The molecule has 1 amide bonds. The number of carbonyl (C=O) groups excluding carboxylic acids is 1. The summed E-state index contributed by atoms with van der Waals surface area (Å²) in [5, 5.41) is 3.12. The molecular weight excluding hydrogens is 245 g/mol. The van der Waals surface area contributed by atoms with E-state index in [-0.39, 0.29) is 6.04 Å². The second kappa shape index (κ2) is 4.97. The molecule has 1 unspecified atom stereocenters. The summed E-state index contributed by atoms with van der Waals surface area (Å²) in [5.41, 5.74) is -0.689. The normalized spacial score (nSPS) is 20.0. The lowest BCUT2D eigenvalue weighted by molar-refractivity contribution is 0.0699. The van der Waals surface area contributed by atoms with Crippen LogP contribution in [0.1, 0.15) is 17.3 Å². The first-order chi connectivity index (χ1) is 8.49. The van der Waals surface area contributed by atoms with Crippen LogP contribution in [0.2, 0.25) is 0 Å². The van der Waals surface area contributed by atoms with Crippen LogP contribution in [0.5, 0.6) is 0 Å². The van der Waals surface area contributed by atoms with Crippen molar-refractivity contribution in [3.05, 3.63) is 35.1 Å². The summed E-state index contributed by atoms with van der Waals surface area (Å²) in [6.07, 6.45) is 0. The number of hydrogen-bond acceptors (Lipinski definition) is 2. The highest BCUT2D eigenvalue weighted by Crippen LogP contribution is 2.17. The van der Waals surface area contributed by atoms with Crippen LogP contribution in [-0.4, -0.2) is 36.5 Å². The van der Waals surface area contributed by atoms with Crippen LogP contribution < -0.4 is 5.32 Å². The highest BCUT2D eigenvalue weighted by atomic mass is 19.1. The summed E-state index contributed by atoms with van der Waals surface area (Å²) in [6, 6.07) is 1.10. The first kappa shape index (κ1) is 12.9. The van der Waals surface area contributed by atoms with Gasteiger partial charge in [-0.2, -0.15) is 0 Å². The van der Waals surface area contributed by atoms with E-state index < -0.39 is 28.9 Å². The second-order valence-electron chi connectivity index (χ2n) is 4.35. The van der Waals surface area contributed by atoms with E-state index in [1.54, 1.807) is 0 Å². The van der Waals surface area contributed by atoms with Crippen LogP contribution in [0.15, 0.2) is 12.1 Å². The molecular formula is C12H13F3N2O. The smallest absolute Gasteiger partial charge is 0.259 e. The van der Waals surface area contributed by atoms with Gasteiger partial charge in [-0.1, -0.05) is 0 Å². The van der Waals surface area contributed by atoms with Crippen LogP contribution in [0.25, 0.3) is 0 Å². The van der Waals surface area contributed by atoms with Crippen molar-refractivity contribution in [1.29, 1.82) is 0 Å². The van der Waals surface area contributed by atoms with Crippen molar-refractivity contribution in [2.45, 2.75) is 13.0 Å². The first-order valence-electron chi connectivity index (χ1n) is 5.66. The molecule has 0 aromatic heterocycles. The van der Waals surface area contributed by atoms with E-state index in [9.17, 15) is 18.0 Å². The van der Waals surface area contributed by atoms with Gasteiger partial charge in [0, 0.05) is 37.8 Å². The predicted octanol–water partition coefficient (Wildman–Crippen LogP) is 1.54. The molecule has 6 heteroatoms. The van der Waals surface area contributed by atoms with E-state index in [4.69, 9.17) is 0 Å². The fourth-order valence-corrected chi connectivity index (χ4v) is 2.02. The number of nitrogens with one attached hydrogen (secondary N) is 1. The maximum atomic E-state index is 13.5. The molecule has 1 N–H and O–H groups in total. The fraction of sp³-hybridized carbons (Fsp3) is 0.417. The topological polar surface area (TPSA) is 32.3 Å². The minimum atomic E-state index is -1.16. The third-order valence-corrected chi connectivity index (χ3v) is 2.88. The SMILES string of the molecule is CC1CN(C(=O)c2c(F)cc(F)cc2F)CCN1. The highest BCUT2D eigenvalue weighted by molar-refractivity contribution is 5.94. The molecule has 98 valence electrons. The number of carbonyl (C=O) groups is 1. The summed E-state index contributed by atoms with van der Waals surface area (Å²) in [6.45, 7) is 3.18. The Morgan fingerprint density at radius 2 is 1.94 bits per heavy atom. The highest BCUT2D eigenvalue weighted by Gasteiger charge is 2.26. The van der Waals surface area contributed by atoms with Crippen LogP contribution in [0.3, 0.4) is 0 Å². The quantitative estimate of drug-likeness (QED) is 0.828. The van der Waals surface area contributed by atoms with Crippen LogP contribution in [-0.2, 0) is 0 Å². The number of benzene rings is 1. The maximum Gasteiger partial charge on any atom is 0.259 e. The van der Waals surface area contributed by atoms with E-state index in [0.29, 0.717) is 31.8 Å². The van der Waals surface area contributed by atoms with Crippen molar-refractivity contribution in [3.8, 4) is 0 Å². The van der Waals surface area contributed by atoms with E-state index >= 15 is 0 Å². The molecule has 1 heterocycles. The van der Waals surface area contributed by atoms with Gasteiger partial charge in [0.15, 0.2) is 0 Å². The molecule has 1 aliphatic heterocycles. The Kier molecular flexibility index (Phi) is 3.56. The van der Waals surface area contributed by atoms with Gasteiger partial charge in [0.2, 0.25) is 0 Å². The Morgan fingerprint density at radius 3 is 2.50 bits per heavy atom. The van der Waals surface area contributed by atoms with Crippen molar-refractivity contribution >= 4 is 5.91 Å². The van der Waals surface area contributed by atoms with Gasteiger partial charge in [0.25, 0.3) is 5.91 Å². The minimum absolute atomic E-state index is 0.0641. The van der Waals surface area contributed by atoms with Gasteiger partial charge in [0.05, 0.1) is 0 Å². The third kappa shape index (κ3) is 2.48. The van der Waals surface area contributed by atoms with Gasteiger partial charge >= 0.3 is 0 Å². The van der Waals surface area contributed by atoms with Crippen LogP contribution in [0.4, 0.5) is 13.2 Å². The third-order valence-electron chi connectivity index (χ3n) is 2.88. The van der Waals surface area contributed by atoms with Gasteiger partial charge < -0.3 is 10.2 Å². The molecule has 0 aliphatic carbocycles. The number of piperazine rings is 1. The van der Waals surface area contributed by atoms with Crippen molar-refractivity contribution in [3.63, 3.8) is 0 Å². The standard InChI is InChI=1S/C12H13F3N2O/c1-7-6-17(3-2-16-7)12(18)11-9(14)4-8(13)5-10(11)15/h4-5,7,16H,2-3,6H2,1H3. The minimum Gasteiger partial charge on any atom is -0.336 e. The molecule has 2 rings (SSSR count). The van der Waals surface area contributed by atoms with E-state index in [0.717, 1.165) is 0 Å². The van der Waals surface area contributed by atoms with E-state index in [2.05, 4.69) is 5.32 Å². The Labute approximate surface area is 103 Å². The van der Waals surface area contributed by atoms with Crippen molar-refractivity contribution in [1.82, 2.24) is 10.2 Å². The summed E-state index contributed by atoms with van der Waals surface area (Å²) in [5.74, 6) is -4.10. The van der Waals surface area contributed by atoms with Crippen LogP contribution in [0, 0.1) is 17.5 Å². The first-order valence-corrected chi connectivity index (χ1v) is 5.66. The molecule has 3 nitrogen and oxygen atoms in total. The molecule has 1 aliphatic rings. The summed E-state index contributed by atoms with van der Waals surface area (Å²) in [4.78, 5) is 13.4. The largest absolute Gasteiger partial charge is 0.336 e. The molecule has 18 heavy (non-hydrogen) atoms. The molecule has 0 spiro atoms. The monoisotopic (exact) mass is 258 g/mol. The number of halogens is 3. The molecule has 0 saturated carbocycles. The van der Waals surface area contributed by atoms with Gasteiger partial charge in [-0.25, -0.2) is 13.2 Å². The fourth-order valence-electron chi connectivity index (χ4n) is 2.02. The summed E-state index contributed by atoms with van der Waals surface area (Å²) < 4.78 is 39.7. The predicted molar refractivity (Wildman–Crippen MR) is 59.7 cm³/mol. The Balaban J connectivity index is 2.28. The van der Waals surface area contributed by atoms with Gasteiger partial charge in [-0.05, 0) is 6.92 Å². The molecule has 1 saturated heterocycles. The number of rotatable bonds is 1. The Bertz CT molecular complexity index is 455. The lowest BCUT2D eigenvalue weighted by atomic mass is 10.1. The van der Waals surface area contributed by atoms with Crippen LogP contribution >= 0.6 is 0 Å². The van der Waals surface area contributed by atoms with Gasteiger partial charge in [-0.15, -0.1) is 0 Å². The van der Waals surface area contributed by atoms with Gasteiger partial charge in [-0.3, -0.25) is 4.79 Å². The Morgan fingerprint density at radius 1 is 1.33 bits per heavy atom.